The Morgan fingerprint density at radius 2 is 1.98 bits per heavy atom. The highest BCUT2D eigenvalue weighted by atomic mass is 19.1. The van der Waals surface area contributed by atoms with E-state index in [2.05, 4.69) is 35.6 Å². The van der Waals surface area contributed by atoms with Crippen LogP contribution in [0.25, 0.3) is 10.9 Å². The van der Waals surface area contributed by atoms with Crippen LogP contribution in [0.5, 0.6) is 0 Å². The van der Waals surface area contributed by atoms with E-state index in [0.717, 1.165) is 30.5 Å². The summed E-state index contributed by atoms with van der Waals surface area (Å²) in [7, 11) is 0. The molecule has 0 spiro atoms. The van der Waals surface area contributed by atoms with Crippen molar-refractivity contribution in [3.8, 4) is 0 Å². The number of rotatable bonds is 5. The fourth-order valence-corrected chi connectivity index (χ4v) is 9.20. The molecular formula is C35H45FN6O. The average molecular weight is 585 g/mol. The number of fused-ring (bicyclic) bond motifs is 4. The summed E-state index contributed by atoms with van der Waals surface area (Å²) >= 11 is 0. The van der Waals surface area contributed by atoms with Crippen LogP contribution in [-0.4, -0.2) is 57.0 Å². The lowest BCUT2D eigenvalue weighted by Gasteiger charge is -2.65. The van der Waals surface area contributed by atoms with E-state index in [9.17, 15) is 9.18 Å². The molecule has 3 aromatic rings. The molecule has 2 aromatic carbocycles. The van der Waals surface area contributed by atoms with Crippen molar-refractivity contribution < 1.29 is 4.39 Å². The van der Waals surface area contributed by atoms with Gasteiger partial charge in [0.25, 0.3) is 5.56 Å². The molecule has 6 atom stereocenters. The van der Waals surface area contributed by atoms with E-state index in [4.69, 9.17) is 10.7 Å². The number of nitrogens with zero attached hydrogens (tertiary/aromatic N) is 5. The van der Waals surface area contributed by atoms with Crippen LogP contribution >= 0.6 is 0 Å². The summed E-state index contributed by atoms with van der Waals surface area (Å²) < 4.78 is 15.9. The number of nitrogens with two attached hydrogens (primary N) is 1. The summed E-state index contributed by atoms with van der Waals surface area (Å²) in [6, 6.07) is 11.7. The van der Waals surface area contributed by atoms with Crippen LogP contribution in [0.3, 0.4) is 0 Å². The molecule has 2 saturated heterocycles. The average Bonchev–Trinajstić information content (AvgIpc) is 3.46. The van der Waals surface area contributed by atoms with Gasteiger partial charge in [-0.15, -0.1) is 0 Å². The molecule has 2 aliphatic heterocycles. The summed E-state index contributed by atoms with van der Waals surface area (Å²) in [5.41, 5.74) is 9.97. The molecule has 0 radical (unpaired) electrons. The van der Waals surface area contributed by atoms with Crippen LogP contribution in [0.4, 0.5) is 10.1 Å². The highest BCUT2D eigenvalue weighted by molar-refractivity contribution is 5.85. The monoisotopic (exact) mass is 584 g/mol. The van der Waals surface area contributed by atoms with Crippen LogP contribution in [0.1, 0.15) is 57.6 Å². The normalized spacial score (nSPS) is 30.3. The third-order valence-corrected chi connectivity index (χ3v) is 11.8. The maximum atomic E-state index is 14.3. The van der Waals surface area contributed by atoms with E-state index < -0.39 is 0 Å². The Hall–Kier alpha value is -3.26. The zero-order chi connectivity index (χ0) is 30.0. The fourth-order valence-electron chi connectivity index (χ4n) is 9.20. The first-order valence-corrected chi connectivity index (χ1v) is 16.2. The molecule has 2 bridgehead atoms. The Morgan fingerprint density at radius 3 is 2.74 bits per heavy atom. The number of halogens is 1. The topological polar surface area (TPSA) is 79.8 Å². The second kappa shape index (κ2) is 10.7. The minimum absolute atomic E-state index is 0.133. The predicted molar refractivity (Wildman–Crippen MR) is 170 cm³/mol. The van der Waals surface area contributed by atoms with E-state index in [-0.39, 0.29) is 11.4 Å². The van der Waals surface area contributed by atoms with Gasteiger partial charge in [-0.05, 0) is 110 Å². The number of aryl methyl sites for hydroxylation is 3. The first kappa shape index (κ1) is 28.5. The summed E-state index contributed by atoms with van der Waals surface area (Å²) in [6.07, 6.45) is 7.14. The smallest absolute Gasteiger partial charge is 0.261 e. The van der Waals surface area contributed by atoms with Crippen molar-refractivity contribution in [2.24, 2.45) is 39.8 Å². The largest absolute Gasteiger partial charge is 0.369 e. The Balaban J connectivity index is 1.13. The zero-order valence-corrected chi connectivity index (χ0v) is 26.0. The second-order valence-corrected chi connectivity index (χ2v) is 14.3. The van der Waals surface area contributed by atoms with Gasteiger partial charge >= 0.3 is 0 Å². The van der Waals surface area contributed by atoms with Crippen LogP contribution in [0.15, 0.2) is 52.5 Å². The second-order valence-electron chi connectivity index (χ2n) is 14.3. The molecule has 5 aliphatic rings. The van der Waals surface area contributed by atoms with Gasteiger partial charge in [-0.2, -0.15) is 0 Å². The molecule has 5 fully saturated rings. The molecule has 1 aromatic heterocycles. The van der Waals surface area contributed by atoms with Crippen molar-refractivity contribution in [2.75, 3.05) is 19.6 Å². The maximum absolute atomic E-state index is 14.3. The highest BCUT2D eigenvalue weighted by Crippen LogP contribution is 2.64. The van der Waals surface area contributed by atoms with Crippen molar-refractivity contribution in [1.29, 1.82) is 0 Å². The van der Waals surface area contributed by atoms with Gasteiger partial charge in [0, 0.05) is 25.7 Å². The molecule has 43 heavy (non-hydrogen) atoms. The summed E-state index contributed by atoms with van der Waals surface area (Å²) in [4.78, 5) is 27.9. The number of guanidine groups is 1. The third-order valence-electron chi connectivity index (χ3n) is 11.8. The Kier molecular flexibility index (Phi) is 7.11. The first-order chi connectivity index (χ1) is 20.6. The van der Waals surface area contributed by atoms with Gasteiger partial charge in [0.2, 0.25) is 0 Å². The standard InChI is InChI=1S/C35H45FN6O/c1-21-7-8-23(29(36)16-21)11-13-41-20-38-30-19-25(9-10-26(30)33(41)43)39-34(37)42-15-14-40-12-5-6-31(40)32(42)27-17-24-18-28(22(27)2)35(24,3)4/h7-10,16,19-20,22,24,27-28,31-32H,5-6,11-15,17-18H2,1-4H3,(H2,37,39)/t22-,24-,27+,28-,31+,32?/m1/s1. The summed E-state index contributed by atoms with van der Waals surface area (Å²) in [5.74, 6) is 3.24. The van der Waals surface area contributed by atoms with Crippen molar-refractivity contribution in [3.63, 3.8) is 0 Å². The van der Waals surface area contributed by atoms with E-state index in [1.54, 1.807) is 23.0 Å². The number of benzene rings is 2. The lowest BCUT2D eigenvalue weighted by Crippen LogP contribution is -2.67. The van der Waals surface area contributed by atoms with Crippen molar-refractivity contribution in [3.05, 3.63) is 70.0 Å². The van der Waals surface area contributed by atoms with Gasteiger partial charge < -0.3 is 10.6 Å². The molecular weight excluding hydrogens is 539 g/mol. The number of hydrogen-bond donors (Lipinski definition) is 1. The molecule has 3 heterocycles. The molecule has 3 saturated carbocycles. The molecule has 7 nitrogen and oxygen atoms in total. The van der Waals surface area contributed by atoms with E-state index in [1.165, 1.54) is 38.3 Å². The Labute approximate surface area is 254 Å². The summed E-state index contributed by atoms with van der Waals surface area (Å²) in [5, 5.41) is 0.528. The van der Waals surface area contributed by atoms with Gasteiger partial charge in [-0.1, -0.05) is 32.9 Å². The summed E-state index contributed by atoms with van der Waals surface area (Å²) in [6.45, 7) is 12.8. The Bertz CT molecular complexity index is 1630. The fraction of sp³-hybridized carbons (Fsp3) is 0.571. The lowest BCUT2D eigenvalue weighted by molar-refractivity contribution is -0.150. The number of aliphatic imine (C=N–C) groups is 1. The van der Waals surface area contributed by atoms with E-state index in [1.807, 2.05) is 25.1 Å². The van der Waals surface area contributed by atoms with Crippen molar-refractivity contribution in [2.45, 2.75) is 78.4 Å². The first-order valence-electron chi connectivity index (χ1n) is 16.2. The quantitative estimate of drug-likeness (QED) is 0.317. The van der Waals surface area contributed by atoms with Crippen LogP contribution in [0, 0.1) is 41.8 Å². The molecule has 8 rings (SSSR count). The molecule has 1 unspecified atom stereocenters. The minimum Gasteiger partial charge on any atom is -0.369 e. The van der Waals surface area contributed by atoms with Gasteiger partial charge in [0.15, 0.2) is 5.96 Å². The van der Waals surface area contributed by atoms with Crippen LogP contribution < -0.4 is 11.3 Å². The molecule has 2 N–H and O–H groups in total. The van der Waals surface area contributed by atoms with Crippen LogP contribution in [-0.2, 0) is 13.0 Å². The van der Waals surface area contributed by atoms with Gasteiger partial charge in [-0.25, -0.2) is 14.4 Å². The van der Waals surface area contributed by atoms with Gasteiger partial charge in [0.05, 0.1) is 29.0 Å². The van der Waals surface area contributed by atoms with E-state index in [0.29, 0.717) is 70.4 Å². The van der Waals surface area contributed by atoms with Crippen molar-refractivity contribution >= 4 is 22.5 Å². The SMILES string of the molecule is Cc1ccc(CCn2cnc3cc(N=C(N)N4CCN5CCC[C@H]5C4[C@H]4C[C@@H]5C[C@H]([C@@H]4C)C5(C)C)ccc3c2=O)c(F)c1. The number of hydrogen-bond acceptors (Lipinski definition) is 4. The molecule has 8 heteroatoms. The molecule has 3 aliphatic carbocycles. The highest BCUT2D eigenvalue weighted by Gasteiger charge is 2.59. The van der Waals surface area contributed by atoms with Crippen molar-refractivity contribution in [1.82, 2.24) is 19.4 Å². The minimum atomic E-state index is -0.239. The molecule has 228 valence electrons. The van der Waals surface area contributed by atoms with Gasteiger partial charge in [-0.3, -0.25) is 14.3 Å². The number of aromatic nitrogens is 2. The maximum Gasteiger partial charge on any atom is 0.261 e. The lowest BCUT2D eigenvalue weighted by atomic mass is 9.42. The third kappa shape index (κ3) is 4.86. The van der Waals surface area contributed by atoms with E-state index >= 15 is 0 Å². The number of piperazine rings is 1. The Morgan fingerprint density at radius 1 is 1.14 bits per heavy atom. The van der Waals surface area contributed by atoms with Gasteiger partial charge in [0.1, 0.15) is 5.82 Å². The van der Waals surface area contributed by atoms with Crippen LogP contribution in [0.2, 0.25) is 0 Å². The zero-order valence-electron chi connectivity index (χ0n) is 26.0. The molecule has 0 amide bonds. The predicted octanol–water partition coefficient (Wildman–Crippen LogP) is 5.50.